The van der Waals surface area contributed by atoms with Crippen LogP contribution in [0.3, 0.4) is 0 Å². The summed E-state index contributed by atoms with van der Waals surface area (Å²) in [6, 6.07) is 0. The van der Waals surface area contributed by atoms with Crippen molar-refractivity contribution in [3.63, 3.8) is 0 Å². The molecular weight excluding hydrogens is 150 g/mol. The molecule has 0 amide bonds. The molecular formula is C9H24NSi+. The Morgan fingerprint density at radius 1 is 0.818 bits per heavy atom. The number of rotatable bonds is 6. The van der Waals surface area contributed by atoms with E-state index in [1.165, 1.54) is 53.4 Å². The zero-order valence-electron chi connectivity index (χ0n) is 8.69. The second kappa shape index (κ2) is 5.78. The summed E-state index contributed by atoms with van der Waals surface area (Å²) in [5, 5.41) is 0. The lowest BCUT2D eigenvalue weighted by molar-refractivity contribution is -0.817. The maximum atomic E-state index is 2.30. The van der Waals surface area contributed by atoms with Crippen molar-refractivity contribution in [1.82, 2.24) is 0 Å². The average molecular weight is 174 g/mol. The van der Waals surface area contributed by atoms with Crippen LogP contribution in [0.1, 0.15) is 40.0 Å². The smallest absolute Gasteiger partial charge is 0.239 e. The van der Waals surface area contributed by atoms with Gasteiger partial charge in [0.25, 0.3) is 0 Å². The molecule has 11 heavy (non-hydrogen) atoms. The van der Waals surface area contributed by atoms with Crippen molar-refractivity contribution in [3.05, 3.63) is 0 Å². The van der Waals surface area contributed by atoms with Crippen LogP contribution in [-0.2, 0) is 0 Å². The zero-order chi connectivity index (χ0) is 8.74. The summed E-state index contributed by atoms with van der Waals surface area (Å²) in [6.45, 7) is 11.1. The number of quaternary nitrogens is 1. The largest absolute Gasteiger partial charge is 0.390 e. The molecule has 0 heterocycles. The van der Waals surface area contributed by atoms with Crippen molar-refractivity contribution < 1.29 is 4.15 Å². The highest BCUT2D eigenvalue weighted by Crippen LogP contribution is 2.05. The number of nitrogens with zero attached hydrogens (tertiary/aromatic N) is 1. The third-order valence-electron chi connectivity index (χ3n) is 2.29. The van der Waals surface area contributed by atoms with Gasteiger partial charge in [-0.25, -0.2) is 0 Å². The molecule has 0 saturated carbocycles. The topological polar surface area (TPSA) is 0 Å². The number of hydrogen-bond donors (Lipinski definition) is 0. The van der Waals surface area contributed by atoms with Gasteiger partial charge >= 0.3 is 0 Å². The highest BCUT2D eigenvalue weighted by molar-refractivity contribution is 5.97. The molecule has 1 nitrogen and oxygen atoms in total. The number of hydrogen-bond acceptors (Lipinski definition) is 0. The van der Waals surface area contributed by atoms with Gasteiger partial charge < -0.3 is 4.15 Å². The molecule has 2 heteroatoms. The molecule has 0 aromatic carbocycles. The van der Waals surface area contributed by atoms with E-state index in [1.54, 1.807) is 0 Å². The maximum Gasteiger partial charge on any atom is 0.239 e. The third-order valence-corrected chi connectivity index (χ3v) is 3.63. The first-order valence-corrected chi connectivity index (χ1v) is 5.91. The molecule has 0 rings (SSSR count). The van der Waals surface area contributed by atoms with E-state index in [4.69, 9.17) is 0 Å². The molecule has 0 radical (unpaired) electrons. The minimum atomic E-state index is 1.33. The van der Waals surface area contributed by atoms with E-state index in [0.29, 0.717) is 0 Å². The summed E-state index contributed by atoms with van der Waals surface area (Å²) >= 11 is 0. The molecule has 0 aliphatic heterocycles. The van der Waals surface area contributed by atoms with Gasteiger partial charge in [-0.3, -0.25) is 0 Å². The minimum Gasteiger partial charge on any atom is -0.390 e. The monoisotopic (exact) mass is 174 g/mol. The Kier molecular flexibility index (Phi) is 5.87. The van der Waals surface area contributed by atoms with E-state index in [0.717, 1.165) is 0 Å². The Bertz CT molecular complexity index is 76.5. The fourth-order valence-electron chi connectivity index (χ4n) is 1.95. The highest BCUT2D eigenvalue weighted by Gasteiger charge is 2.15. The molecule has 0 fully saturated rings. The molecule has 68 valence electrons. The van der Waals surface area contributed by atoms with Crippen LogP contribution in [0.25, 0.3) is 0 Å². The lowest BCUT2D eigenvalue weighted by Gasteiger charge is -2.36. The van der Waals surface area contributed by atoms with Crippen LogP contribution in [0.2, 0.25) is 0 Å². The van der Waals surface area contributed by atoms with E-state index in [1.807, 2.05) is 0 Å². The van der Waals surface area contributed by atoms with Gasteiger partial charge in [-0.05, 0) is 19.3 Å². The van der Waals surface area contributed by atoms with Gasteiger partial charge in [0, 0.05) is 0 Å². The Labute approximate surface area is 74.9 Å². The zero-order valence-corrected chi connectivity index (χ0v) is 10.7. The Balaban J connectivity index is 3.79. The summed E-state index contributed by atoms with van der Waals surface area (Å²) in [6.07, 6.45) is 4.05. The predicted octanol–water partition coefficient (Wildman–Crippen LogP) is 1.31. The first-order valence-electron chi connectivity index (χ1n) is 5.02. The third kappa shape index (κ3) is 4.59. The van der Waals surface area contributed by atoms with Gasteiger partial charge in [-0.2, -0.15) is 0 Å². The van der Waals surface area contributed by atoms with Crippen molar-refractivity contribution in [2.75, 3.05) is 19.6 Å². The molecule has 0 aromatic rings. The van der Waals surface area contributed by atoms with Gasteiger partial charge in [-0.15, -0.1) is 0 Å². The molecule has 0 saturated heterocycles. The molecule has 0 atom stereocenters. The van der Waals surface area contributed by atoms with Crippen molar-refractivity contribution in [2.24, 2.45) is 0 Å². The molecule has 0 unspecified atom stereocenters. The van der Waals surface area contributed by atoms with Gasteiger partial charge in [0.15, 0.2) is 0 Å². The Morgan fingerprint density at radius 3 is 1.27 bits per heavy atom. The van der Waals surface area contributed by atoms with Crippen molar-refractivity contribution in [3.8, 4) is 0 Å². The average Bonchev–Trinajstić information content (AvgIpc) is 1.88. The quantitative estimate of drug-likeness (QED) is 0.533. The van der Waals surface area contributed by atoms with Crippen molar-refractivity contribution in [2.45, 2.75) is 40.0 Å². The fourth-order valence-corrected chi connectivity index (χ4v) is 3.30. The van der Waals surface area contributed by atoms with Gasteiger partial charge in [0.05, 0.1) is 19.6 Å². The summed E-state index contributed by atoms with van der Waals surface area (Å²) in [7, 11) is 1.33. The van der Waals surface area contributed by atoms with Gasteiger partial charge in [0.1, 0.15) is 0 Å². The Hall–Kier alpha value is 0.177. The van der Waals surface area contributed by atoms with Gasteiger partial charge in [-0.1, -0.05) is 20.8 Å². The van der Waals surface area contributed by atoms with Crippen LogP contribution in [-0.4, -0.2) is 34.2 Å². The summed E-state index contributed by atoms with van der Waals surface area (Å²) in [4.78, 5) is 0. The fraction of sp³-hybridized carbons (Fsp3) is 1.00. The first-order chi connectivity index (χ1) is 5.18. The molecule has 0 spiro atoms. The Morgan fingerprint density at radius 2 is 1.09 bits per heavy atom. The molecule has 0 aromatic heterocycles. The normalized spacial score (nSPS) is 12.3. The summed E-state index contributed by atoms with van der Waals surface area (Å²) in [5.74, 6) is 0. The van der Waals surface area contributed by atoms with Gasteiger partial charge in [0.2, 0.25) is 10.4 Å². The van der Waals surface area contributed by atoms with Crippen LogP contribution in [0.15, 0.2) is 0 Å². The molecule has 0 aliphatic rings. The van der Waals surface area contributed by atoms with Crippen LogP contribution >= 0.6 is 0 Å². The van der Waals surface area contributed by atoms with Crippen molar-refractivity contribution in [1.29, 1.82) is 0 Å². The van der Waals surface area contributed by atoms with Crippen LogP contribution in [0.4, 0.5) is 0 Å². The SMILES string of the molecule is CCC[N+]([SiH3])(CCC)CCC. The van der Waals surface area contributed by atoms with Crippen LogP contribution in [0.5, 0.6) is 0 Å². The summed E-state index contributed by atoms with van der Waals surface area (Å²) in [5.41, 5.74) is 0. The van der Waals surface area contributed by atoms with Crippen molar-refractivity contribution >= 4 is 10.4 Å². The van der Waals surface area contributed by atoms with E-state index in [2.05, 4.69) is 20.8 Å². The standard InChI is InChI=1S/C9H24NSi/c1-4-7-10(11,8-5-2)9-6-3/h4-9H2,1-3,11H3/q+1. The second-order valence-electron chi connectivity index (χ2n) is 3.79. The van der Waals surface area contributed by atoms with E-state index in [-0.39, 0.29) is 0 Å². The van der Waals surface area contributed by atoms with E-state index < -0.39 is 0 Å². The first kappa shape index (κ1) is 11.2. The lowest BCUT2D eigenvalue weighted by atomic mass is 10.3. The van der Waals surface area contributed by atoms with Crippen LogP contribution < -0.4 is 0 Å². The minimum absolute atomic E-state index is 1.33. The lowest BCUT2D eigenvalue weighted by Crippen LogP contribution is -2.47. The van der Waals surface area contributed by atoms with Crippen LogP contribution in [0, 0.1) is 0 Å². The molecule has 0 aliphatic carbocycles. The maximum absolute atomic E-state index is 2.30. The van der Waals surface area contributed by atoms with E-state index >= 15 is 0 Å². The highest BCUT2D eigenvalue weighted by atomic mass is 28.2. The summed E-state index contributed by atoms with van der Waals surface area (Å²) < 4.78 is 1.42. The molecule has 0 bridgehead atoms. The second-order valence-corrected chi connectivity index (χ2v) is 5.69. The molecule has 0 N–H and O–H groups in total. The predicted molar refractivity (Wildman–Crippen MR) is 55.7 cm³/mol. The van der Waals surface area contributed by atoms with E-state index in [9.17, 15) is 0 Å².